The second-order valence-corrected chi connectivity index (χ2v) is 8.70. The predicted octanol–water partition coefficient (Wildman–Crippen LogP) is 0.751. The third kappa shape index (κ3) is 6.15. The first-order valence-electron chi connectivity index (χ1n) is 9.63. The first-order valence-corrected chi connectivity index (χ1v) is 11.1. The smallest absolute Gasteiger partial charge is 0.255 e. The summed E-state index contributed by atoms with van der Waals surface area (Å²) in [7, 11) is -2.34. The summed E-state index contributed by atoms with van der Waals surface area (Å²) in [5.74, 6) is -0.403. The zero-order valence-electron chi connectivity index (χ0n) is 17.1. The van der Waals surface area contributed by atoms with Crippen LogP contribution in [0.25, 0.3) is 0 Å². The first-order chi connectivity index (χ1) is 13.8. The lowest BCUT2D eigenvalue weighted by Gasteiger charge is -2.26. The highest BCUT2D eigenvalue weighted by Crippen LogP contribution is 2.25. The minimum Gasteiger partial charge on any atom is -0.496 e. The summed E-state index contributed by atoms with van der Waals surface area (Å²) in [6, 6.07) is 4.25. The molecular weight excluding hydrogens is 398 g/mol. The molecule has 2 N–H and O–H groups in total. The Labute approximate surface area is 171 Å². The second-order valence-electron chi connectivity index (χ2n) is 6.76. The Balaban J connectivity index is 2.09. The molecule has 0 radical (unpaired) electrons. The Morgan fingerprint density at radius 3 is 2.59 bits per heavy atom. The molecule has 2 amide bonds. The summed E-state index contributed by atoms with van der Waals surface area (Å²) < 4.78 is 37.4. The van der Waals surface area contributed by atoms with Gasteiger partial charge >= 0.3 is 0 Å². The summed E-state index contributed by atoms with van der Waals surface area (Å²) in [5, 5.41) is 5.47. The summed E-state index contributed by atoms with van der Waals surface area (Å²) in [5.41, 5.74) is 0.101. The zero-order chi connectivity index (χ0) is 21.4. The van der Waals surface area contributed by atoms with Gasteiger partial charge in [-0.1, -0.05) is 6.92 Å². The molecule has 1 unspecified atom stereocenters. The lowest BCUT2D eigenvalue weighted by molar-refractivity contribution is -0.121. The van der Waals surface area contributed by atoms with Crippen molar-refractivity contribution < 1.29 is 27.5 Å². The number of carbonyl (C=O) groups excluding carboxylic acids is 2. The Bertz CT molecular complexity index is 821. The van der Waals surface area contributed by atoms with Crippen LogP contribution < -0.4 is 15.4 Å². The van der Waals surface area contributed by atoms with Crippen molar-refractivity contribution in [1.29, 1.82) is 0 Å². The maximum atomic E-state index is 12.8. The normalized spacial score (nSPS) is 16.1. The van der Waals surface area contributed by atoms with Crippen LogP contribution in [0, 0.1) is 0 Å². The molecule has 1 saturated heterocycles. The van der Waals surface area contributed by atoms with Crippen molar-refractivity contribution in [3.63, 3.8) is 0 Å². The SMILES string of the molecule is CCC(C)NC(=O)CCNC(=O)c1cc(S(=O)(=O)N2CCOCC2)ccc1OC. The molecule has 2 rings (SSSR count). The molecule has 1 aliphatic heterocycles. The molecule has 1 aromatic rings. The van der Waals surface area contributed by atoms with Crippen molar-refractivity contribution in [2.75, 3.05) is 40.0 Å². The Morgan fingerprint density at radius 1 is 1.28 bits per heavy atom. The maximum Gasteiger partial charge on any atom is 0.255 e. The quantitative estimate of drug-likeness (QED) is 0.601. The maximum absolute atomic E-state index is 12.8. The van der Waals surface area contributed by atoms with Gasteiger partial charge in [-0.15, -0.1) is 0 Å². The van der Waals surface area contributed by atoms with Crippen LogP contribution in [0.4, 0.5) is 0 Å². The molecule has 9 nitrogen and oxygen atoms in total. The number of nitrogens with one attached hydrogen (secondary N) is 2. The van der Waals surface area contributed by atoms with Gasteiger partial charge in [-0.25, -0.2) is 8.42 Å². The summed E-state index contributed by atoms with van der Waals surface area (Å²) in [4.78, 5) is 24.4. The fourth-order valence-electron chi connectivity index (χ4n) is 2.79. The summed E-state index contributed by atoms with van der Waals surface area (Å²) in [6.07, 6.45) is 0.948. The van der Waals surface area contributed by atoms with Crippen molar-refractivity contribution in [3.05, 3.63) is 23.8 Å². The molecule has 1 atom stereocenters. The number of hydrogen-bond donors (Lipinski definition) is 2. The van der Waals surface area contributed by atoms with Gasteiger partial charge in [-0.2, -0.15) is 4.31 Å². The monoisotopic (exact) mass is 427 g/mol. The largest absolute Gasteiger partial charge is 0.496 e. The highest BCUT2D eigenvalue weighted by Gasteiger charge is 2.28. The molecule has 29 heavy (non-hydrogen) atoms. The lowest BCUT2D eigenvalue weighted by atomic mass is 10.2. The molecule has 0 aliphatic carbocycles. The van der Waals surface area contributed by atoms with Crippen molar-refractivity contribution in [2.45, 2.75) is 37.6 Å². The van der Waals surface area contributed by atoms with Gasteiger partial charge in [-0.05, 0) is 31.5 Å². The van der Waals surface area contributed by atoms with E-state index in [4.69, 9.17) is 9.47 Å². The molecule has 0 aromatic heterocycles. The van der Waals surface area contributed by atoms with Crippen molar-refractivity contribution >= 4 is 21.8 Å². The minimum atomic E-state index is -3.74. The zero-order valence-corrected chi connectivity index (χ0v) is 17.9. The van der Waals surface area contributed by atoms with Crippen molar-refractivity contribution in [3.8, 4) is 5.75 Å². The van der Waals surface area contributed by atoms with Gasteiger partial charge in [0.25, 0.3) is 5.91 Å². The van der Waals surface area contributed by atoms with E-state index >= 15 is 0 Å². The predicted molar refractivity (Wildman–Crippen MR) is 107 cm³/mol. The van der Waals surface area contributed by atoms with Crippen LogP contribution in [-0.2, 0) is 19.6 Å². The third-order valence-corrected chi connectivity index (χ3v) is 6.58. The molecule has 1 aliphatic rings. The number of ether oxygens (including phenoxy) is 2. The van der Waals surface area contributed by atoms with Crippen molar-refractivity contribution in [1.82, 2.24) is 14.9 Å². The van der Waals surface area contributed by atoms with E-state index in [1.807, 2.05) is 13.8 Å². The van der Waals surface area contributed by atoms with Gasteiger partial charge < -0.3 is 20.1 Å². The average Bonchev–Trinajstić information content (AvgIpc) is 2.73. The van der Waals surface area contributed by atoms with Crippen LogP contribution in [0.15, 0.2) is 23.1 Å². The Kier molecular flexibility index (Phi) is 8.42. The molecule has 1 fully saturated rings. The van der Waals surface area contributed by atoms with Crippen LogP contribution in [0.2, 0.25) is 0 Å². The molecule has 0 saturated carbocycles. The number of benzene rings is 1. The van der Waals surface area contributed by atoms with E-state index in [9.17, 15) is 18.0 Å². The number of rotatable bonds is 9. The van der Waals surface area contributed by atoms with Gasteiger partial charge in [0.1, 0.15) is 5.75 Å². The first kappa shape index (κ1) is 23.1. The van der Waals surface area contributed by atoms with Gasteiger partial charge in [0.15, 0.2) is 0 Å². The molecule has 10 heteroatoms. The Morgan fingerprint density at radius 2 is 1.97 bits per heavy atom. The van der Waals surface area contributed by atoms with Crippen LogP contribution in [0.5, 0.6) is 5.75 Å². The summed E-state index contributed by atoms with van der Waals surface area (Å²) >= 11 is 0. The van der Waals surface area contributed by atoms with Crippen molar-refractivity contribution in [2.24, 2.45) is 0 Å². The lowest BCUT2D eigenvalue weighted by Crippen LogP contribution is -2.40. The highest BCUT2D eigenvalue weighted by molar-refractivity contribution is 7.89. The minimum absolute atomic E-state index is 0.0138. The summed E-state index contributed by atoms with van der Waals surface area (Å²) in [6.45, 7) is 5.20. The van der Waals surface area contributed by atoms with Crippen LogP contribution in [0.1, 0.15) is 37.0 Å². The number of morpholine rings is 1. The number of sulfonamides is 1. The van der Waals surface area contributed by atoms with E-state index < -0.39 is 15.9 Å². The van der Waals surface area contributed by atoms with Gasteiger partial charge in [-0.3, -0.25) is 9.59 Å². The fraction of sp³-hybridized carbons (Fsp3) is 0.579. The number of carbonyl (C=O) groups is 2. The van der Waals surface area contributed by atoms with E-state index in [2.05, 4.69) is 10.6 Å². The molecule has 162 valence electrons. The van der Waals surface area contributed by atoms with E-state index in [1.165, 1.54) is 29.6 Å². The number of amides is 2. The Hall–Kier alpha value is -2.17. The van der Waals surface area contributed by atoms with E-state index in [0.29, 0.717) is 13.2 Å². The molecule has 1 heterocycles. The van der Waals surface area contributed by atoms with Gasteiger partial charge in [0.2, 0.25) is 15.9 Å². The standard InChI is InChI=1S/C19H29N3O6S/c1-4-14(2)21-18(23)7-8-20-19(24)16-13-15(5-6-17(16)27-3)29(25,26)22-9-11-28-12-10-22/h5-6,13-14H,4,7-12H2,1-3H3,(H,20,24)(H,21,23). The van der Waals surface area contributed by atoms with Gasteiger partial charge in [0.05, 0.1) is 30.8 Å². The van der Waals surface area contributed by atoms with Crippen LogP contribution in [-0.4, -0.2) is 70.5 Å². The molecule has 0 spiro atoms. The average molecular weight is 428 g/mol. The number of methoxy groups -OCH3 is 1. The van der Waals surface area contributed by atoms with Gasteiger partial charge in [0, 0.05) is 32.1 Å². The van der Waals surface area contributed by atoms with Crippen LogP contribution >= 0.6 is 0 Å². The third-order valence-electron chi connectivity index (χ3n) is 4.68. The highest BCUT2D eigenvalue weighted by atomic mass is 32.2. The molecule has 0 bridgehead atoms. The number of nitrogens with zero attached hydrogens (tertiary/aromatic N) is 1. The fourth-order valence-corrected chi connectivity index (χ4v) is 4.23. The topological polar surface area (TPSA) is 114 Å². The van der Waals surface area contributed by atoms with Crippen LogP contribution in [0.3, 0.4) is 0 Å². The van der Waals surface area contributed by atoms with E-state index in [0.717, 1.165) is 6.42 Å². The second kappa shape index (κ2) is 10.6. The van der Waals surface area contributed by atoms with E-state index in [-0.39, 0.29) is 54.2 Å². The molecular formula is C19H29N3O6S. The number of hydrogen-bond acceptors (Lipinski definition) is 6. The van der Waals surface area contributed by atoms with E-state index in [1.54, 1.807) is 0 Å². The molecule has 1 aromatic carbocycles.